The maximum Gasteiger partial charge on any atom is 0.171 e. The van der Waals surface area contributed by atoms with Crippen molar-refractivity contribution in [1.29, 1.82) is 5.41 Å². The number of rotatable bonds is 3. The molecule has 0 spiro atoms. The summed E-state index contributed by atoms with van der Waals surface area (Å²) in [6, 6.07) is 9.67. The zero-order chi connectivity index (χ0) is 12.1. The number of aromatic nitrogens is 2. The largest absolute Gasteiger partial charge is 0.290 e. The lowest BCUT2D eigenvalue weighted by Crippen LogP contribution is -2.21. The first kappa shape index (κ1) is 11.6. The summed E-state index contributed by atoms with van der Waals surface area (Å²) in [7, 11) is 0. The van der Waals surface area contributed by atoms with E-state index in [1.54, 1.807) is 11.7 Å². The number of hydroxylamine groups is 1. The Labute approximate surface area is 102 Å². The summed E-state index contributed by atoms with van der Waals surface area (Å²) in [6.07, 6.45) is 3.04. The van der Waals surface area contributed by atoms with Gasteiger partial charge in [-0.05, 0) is 12.1 Å². The quantitative estimate of drug-likeness (QED) is 0.438. The van der Waals surface area contributed by atoms with Crippen LogP contribution < -0.4 is 5.48 Å². The summed E-state index contributed by atoms with van der Waals surface area (Å²) in [5, 5.41) is 16.8. The molecule has 0 aliphatic carbocycles. The lowest BCUT2D eigenvalue weighted by molar-refractivity contribution is 0.233. The van der Waals surface area contributed by atoms with E-state index in [2.05, 4.69) is 9.97 Å². The van der Waals surface area contributed by atoms with E-state index in [4.69, 9.17) is 10.6 Å². The first-order valence-electron chi connectivity index (χ1n) is 4.84. The van der Waals surface area contributed by atoms with E-state index in [0.717, 1.165) is 4.90 Å². The van der Waals surface area contributed by atoms with Crippen LogP contribution in [0, 0.1) is 5.41 Å². The van der Waals surface area contributed by atoms with Crippen molar-refractivity contribution in [1.82, 2.24) is 15.4 Å². The van der Waals surface area contributed by atoms with Crippen LogP contribution in [0.1, 0.15) is 5.69 Å². The molecule has 0 radical (unpaired) electrons. The van der Waals surface area contributed by atoms with Gasteiger partial charge in [-0.2, -0.15) is 0 Å². The Morgan fingerprint density at radius 3 is 2.59 bits per heavy atom. The van der Waals surface area contributed by atoms with Gasteiger partial charge >= 0.3 is 0 Å². The van der Waals surface area contributed by atoms with Gasteiger partial charge in [0.05, 0.1) is 0 Å². The van der Waals surface area contributed by atoms with Gasteiger partial charge in [0.1, 0.15) is 10.7 Å². The second-order valence-corrected chi connectivity index (χ2v) is 4.17. The van der Waals surface area contributed by atoms with Crippen LogP contribution >= 0.6 is 11.8 Å². The molecule has 0 aliphatic rings. The summed E-state index contributed by atoms with van der Waals surface area (Å²) in [5.74, 6) is -0.170. The van der Waals surface area contributed by atoms with Gasteiger partial charge in [-0.25, -0.2) is 9.97 Å². The number of benzene rings is 1. The number of nitrogens with zero attached hydrogens (tertiary/aromatic N) is 2. The molecule has 5 nitrogen and oxygen atoms in total. The minimum atomic E-state index is -0.170. The van der Waals surface area contributed by atoms with Crippen LogP contribution in [0.5, 0.6) is 0 Å². The predicted molar refractivity (Wildman–Crippen MR) is 64.3 cm³/mol. The van der Waals surface area contributed by atoms with Gasteiger partial charge < -0.3 is 0 Å². The Balaban J connectivity index is 2.30. The molecule has 0 amide bonds. The van der Waals surface area contributed by atoms with Crippen LogP contribution in [0.3, 0.4) is 0 Å². The normalized spacial score (nSPS) is 9.94. The Hall–Kier alpha value is -1.92. The Morgan fingerprint density at radius 1 is 1.18 bits per heavy atom. The molecule has 1 aromatic heterocycles. The van der Waals surface area contributed by atoms with Crippen molar-refractivity contribution in [2.75, 3.05) is 0 Å². The molecule has 17 heavy (non-hydrogen) atoms. The van der Waals surface area contributed by atoms with E-state index < -0.39 is 0 Å². The summed E-state index contributed by atoms with van der Waals surface area (Å²) in [5.41, 5.74) is 2.10. The third-order valence-electron chi connectivity index (χ3n) is 1.97. The summed E-state index contributed by atoms with van der Waals surface area (Å²) in [4.78, 5) is 9.17. The molecule has 0 fully saturated rings. The fourth-order valence-corrected chi connectivity index (χ4v) is 2.11. The minimum Gasteiger partial charge on any atom is -0.290 e. The lowest BCUT2D eigenvalue weighted by Gasteiger charge is -2.06. The Kier molecular flexibility index (Phi) is 3.69. The molecule has 0 saturated carbocycles. The molecule has 0 saturated heterocycles. The van der Waals surface area contributed by atoms with E-state index in [1.165, 1.54) is 18.0 Å². The summed E-state index contributed by atoms with van der Waals surface area (Å²) < 4.78 is 0. The van der Waals surface area contributed by atoms with E-state index in [1.807, 2.05) is 30.3 Å². The van der Waals surface area contributed by atoms with Crippen LogP contribution in [0.2, 0.25) is 0 Å². The highest BCUT2D eigenvalue weighted by molar-refractivity contribution is 7.99. The zero-order valence-corrected chi connectivity index (χ0v) is 9.61. The molecule has 2 aromatic rings. The third-order valence-corrected chi connectivity index (χ3v) is 2.97. The van der Waals surface area contributed by atoms with Crippen LogP contribution in [0.15, 0.2) is 52.6 Å². The SMILES string of the molecule is N=C(NO)c1nccnc1Sc1ccccc1. The molecular weight excluding hydrogens is 236 g/mol. The highest BCUT2D eigenvalue weighted by atomic mass is 32.2. The monoisotopic (exact) mass is 246 g/mol. The minimum absolute atomic E-state index is 0.170. The van der Waals surface area contributed by atoms with Crippen LogP contribution in [0.4, 0.5) is 0 Å². The van der Waals surface area contributed by atoms with Gasteiger partial charge in [0.15, 0.2) is 5.84 Å². The average Bonchev–Trinajstić information content (AvgIpc) is 2.40. The molecule has 0 bridgehead atoms. The zero-order valence-electron chi connectivity index (χ0n) is 8.79. The van der Waals surface area contributed by atoms with Gasteiger partial charge in [-0.1, -0.05) is 30.0 Å². The van der Waals surface area contributed by atoms with Gasteiger partial charge in [0.2, 0.25) is 0 Å². The highest BCUT2D eigenvalue weighted by Crippen LogP contribution is 2.27. The molecule has 0 unspecified atom stereocenters. The summed E-state index contributed by atoms with van der Waals surface area (Å²) in [6.45, 7) is 0. The predicted octanol–water partition coefficient (Wildman–Crippen LogP) is 1.93. The lowest BCUT2D eigenvalue weighted by atomic mass is 10.4. The van der Waals surface area contributed by atoms with Crippen molar-refractivity contribution >= 4 is 17.6 Å². The number of amidine groups is 1. The average molecular weight is 246 g/mol. The number of hydrogen-bond acceptors (Lipinski definition) is 5. The van der Waals surface area contributed by atoms with Crippen molar-refractivity contribution in [2.24, 2.45) is 0 Å². The molecule has 3 N–H and O–H groups in total. The first-order chi connectivity index (χ1) is 8.31. The molecular formula is C11H10N4OS. The highest BCUT2D eigenvalue weighted by Gasteiger charge is 2.11. The van der Waals surface area contributed by atoms with Crippen molar-refractivity contribution in [2.45, 2.75) is 9.92 Å². The first-order valence-corrected chi connectivity index (χ1v) is 5.66. The molecule has 1 aromatic carbocycles. The molecule has 0 aliphatic heterocycles. The topological polar surface area (TPSA) is 81.9 Å². The van der Waals surface area contributed by atoms with E-state index in [-0.39, 0.29) is 5.84 Å². The smallest absolute Gasteiger partial charge is 0.171 e. The van der Waals surface area contributed by atoms with E-state index in [0.29, 0.717) is 10.7 Å². The van der Waals surface area contributed by atoms with Gasteiger partial charge in [-0.15, -0.1) is 0 Å². The van der Waals surface area contributed by atoms with E-state index >= 15 is 0 Å². The van der Waals surface area contributed by atoms with Gasteiger partial charge in [-0.3, -0.25) is 16.1 Å². The number of hydrogen-bond donors (Lipinski definition) is 3. The van der Waals surface area contributed by atoms with Gasteiger partial charge in [0.25, 0.3) is 0 Å². The van der Waals surface area contributed by atoms with Crippen LogP contribution in [0.25, 0.3) is 0 Å². The second kappa shape index (κ2) is 5.42. The van der Waals surface area contributed by atoms with Crippen LogP contribution in [-0.2, 0) is 0 Å². The molecule has 86 valence electrons. The van der Waals surface area contributed by atoms with Crippen LogP contribution in [-0.4, -0.2) is 21.0 Å². The second-order valence-electron chi connectivity index (χ2n) is 3.11. The fraction of sp³-hybridized carbons (Fsp3) is 0. The molecule has 6 heteroatoms. The maximum atomic E-state index is 8.73. The Morgan fingerprint density at radius 2 is 1.88 bits per heavy atom. The van der Waals surface area contributed by atoms with Gasteiger partial charge in [0, 0.05) is 17.3 Å². The molecule has 0 atom stereocenters. The van der Waals surface area contributed by atoms with E-state index in [9.17, 15) is 0 Å². The molecule has 2 rings (SSSR count). The maximum absolute atomic E-state index is 8.73. The van der Waals surface area contributed by atoms with Crippen molar-refractivity contribution in [3.05, 3.63) is 48.4 Å². The Bertz CT molecular complexity index is 518. The standard InChI is InChI=1S/C11H10N4OS/c12-10(15-16)9-11(14-7-6-13-9)17-8-4-2-1-3-5-8/h1-7,16H,(H2,12,15). The number of nitrogens with one attached hydrogen (secondary N) is 2. The van der Waals surface area contributed by atoms with Crippen molar-refractivity contribution in [3.63, 3.8) is 0 Å². The fourth-order valence-electron chi connectivity index (χ4n) is 1.22. The third kappa shape index (κ3) is 2.80. The van der Waals surface area contributed by atoms with Crippen molar-refractivity contribution in [3.8, 4) is 0 Å². The summed E-state index contributed by atoms with van der Waals surface area (Å²) >= 11 is 1.39. The molecule has 1 heterocycles. The van der Waals surface area contributed by atoms with Crippen molar-refractivity contribution < 1.29 is 5.21 Å².